The second-order valence-corrected chi connectivity index (χ2v) is 4.38. The number of imidazole rings is 1. The van der Waals surface area contributed by atoms with Crippen LogP contribution in [0.15, 0.2) is 24.3 Å². The molecule has 4 nitrogen and oxygen atoms in total. The lowest BCUT2D eigenvalue weighted by molar-refractivity contribution is 0.0781. The van der Waals surface area contributed by atoms with Gasteiger partial charge in [0.25, 0.3) is 0 Å². The van der Waals surface area contributed by atoms with Gasteiger partial charge in [-0.3, -0.25) is 0 Å². The highest BCUT2D eigenvalue weighted by molar-refractivity contribution is 5.78. The number of fused-ring (bicyclic) bond motifs is 1. The Balaban J connectivity index is 1.94. The number of hydrogen-bond acceptors (Lipinski definition) is 3. The molecule has 1 aromatic carbocycles. The summed E-state index contributed by atoms with van der Waals surface area (Å²) < 4.78 is 2.03. The highest BCUT2D eigenvalue weighted by atomic mass is 16.3. The average Bonchev–Trinajstić information content (AvgIpc) is 2.62. The maximum Gasteiger partial charge on any atom is 0.203 e. The first-order valence-electron chi connectivity index (χ1n) is 5.62. The van der Waals surface area contributed by atoms with Crippen molar-refractivity contribution in [2.24, 2.45) is 7.05 Å². The average molecular weight is 217 g/mol. The van der Waals surface area contributed by atoms with Crippen LogP contribution in [0.4, 0.5) is 5.95 Å². The van der Waals surface area contributed by atoms with Gasteiger partial charge >= 0.3 is 0 Å². The Bertz CT molecular complexity index is 520. The quantitative estimate of drug-likeness (QED) is 0.801. The maximum atomic E-state index is 9.54. The van der Waals surface area contributed by atoms with Gasteiger partial charge in [-0.25, -0.2) is 4.98 Å². The summed E-state index contributed by atoms with van der Waals surface area (Å²) in [6, 6.07) is 8.20. The molecule has 1 heterocycles. The molecule has 0 bridgehead atoms. The molecule has 0 radical (unpaired) electrons. The number of anilines is 1. The van der Waals surface area contributed by atoms with E-state index in [1.165, 1.54) is 0 Å². The van der Waals surface area contributed by atoms with E-state index in [9.17, 15) is 5.11 Å². The SMILES string of the molecule is Cn1c(NC2CCC2O)nc2ccccc21. The van der Waals surface area contributed by atoms with Crippen LogP contribution in [0.3, 0.4) is 0 Å². The van der Waals surface area contributed by atoms with E-state index in [0.29, 0.717) is 0 Å². The van der Waals surface area contributed by atoms with Crippen molar-refractivity contribution in [1.82, 2.24) is 9.55 Å². The predicted molar refractivity (Wildman–Crippen MR) is 63.4 cm³/mol. The van der Waals surface area contributed by atoms with Crippen molar-refractivity contribution >= 4 is 17.0 Å². The number of nitrogens with zero attached hydrogens (tertiary/aromatic N) is 2. The number of para-hydroxylation sites is 2. The monoisotopic (exact) mass is 217 g/mol. The molecule has 0 spiro atoms. The number of aliphatic hydroxyl groups excluding tert-OH is 1. The molecule has 1 saturated carbocycles. The number of aliphatic hydroxyl groups is 1. The third-order valence-corrected chi connectivity index (χ3v) is 3.34. The first-order chi connectivity index (χ1) is 7.75. The van der Waals surface area contributed by atoms with E-state index in [0.717, 1.165) is 29.8 Å². The Morgan fingerprint density at radius 3 is 2.81 bits per heavy atom. The lowest BCUT2D eigenvalue weighted by atomic mass is 9.89. The molecule has 2 atom stereocenters. The second-order valence-electron chi connectivity index (χ2n) is 4.38. The summed E-state index contributed by atoms with van der Waals surface area (Å²) in [6.07, 6.45) is 1.69. The molecule has 1 aliphatic carbocycles. The fraction of sp³-hybridized carbons (Fsp3) is 0.417. The topological polar surface area (TPSA) is 50.1 Å². The van der Waals surface area contributed by atoms with Crippen molar-refractivity contribution in [3.8, 4) is 0 Å². The number of aryl methyl sites for hydroxylation is 1. The Hall–Kier alpha value is -1.55. The highest BCUT2D eigenvalue weighted by Gasteiger charge is 2.29. The van der Waals surface area contributed by atoms with E-state index in [-0.39, 0.29) is 12.1 Å². The predicted octanol–water partition coefficient (Wildman–Crippen LogP) is 1.51. The number of hydrogen-bond donors (Lipinski definition) is 2. The van der Waals surface area contributed by atoms with E-state index in [4.69, 9.17) is 0 Å². The zero-order chi connectivity index (χ0) is 11.1. The molecule has 1 aliphatic rings. The standard InChI is InChI=1S/C12H15N3O/c1-15-10-5-3-2-4-8(10)13-12(15)14-9-6-7-11(9)16/h2-5,9,11,16H,6-7H2,1H3,(H,13,14). The van der Waals surface area contributed by atoms with Gasteiger partial charge in [-0.05, 0) is 25.0 Å². The summed E-state index contributed by atoms with van der Waals surface area (Å²) in [7, 11) is 1.99. The van der Waals surface area contributed by atoms with Crippen LogP contribution in [0.5, 0.6) is 0 Å². The van der Waals surface area contributed by atoms with Crippen molar-refractivity contribution in [2.45, 2.75) is 25.0 Å². The smallest absolute Gasteiger partial charge is 0.203 e. The van der Waals surface area contributed by atoms with E-state index in [2.05, 4.69) is 10.3 Å². The second kappa shape index (κ2) is 3.49. The molecule has 4 heteroatoms. The summed E-state index contributed by atoms with van der Waals surface area (Å²) >= 11 is 0. The normalized spacial score (nSPS) is 24.4. The summed E-state index contributed by atoms with van der Waals surface area (Å²) in [5.41, 5.74) is 2.10. The molecule has 2 aromatic rings. The Labute approximate surface area is 93.9 Å². The fourth-order valence-corrected chi connectivity index (χ4v) is 2.09. The van der Waals surface area contributed by atoms with Crippen LogP contribution in [-0.4, -0.2) is 26.8 Å². The van der Waals surface area contributed by atoms with Crippen molar-refractivity contribution < 1.29 is 5.11 Å². The molecule has 0 aliphatic heterocycles. The van der Waals surface area contributed by atoms with Crippen molar-refractivity contribution in [3.63, 3.8) is 0 Å². The molecule has 16 heavy (non-hydrogen) atoms. The van der Waals surface area contributed by atoms with Crippen LogP contribution >= 0.6 is 0 Å². The van der Waals surface area contributed by atoms with Gasteiger partial charge in [0.15, 0.2) is 0 Å². The molecular formula is C12H15N3O. The van der Waals surface area contributed by atoms with Crippen LogP contribution in [0, 0.1) is 0 Å². The first-order valence-corrected chi connectivity index (χ1v) is 5.62. The molecule has 1 aromatic heterocycles. The summed E-state index contributed by atoms with van der Waals surface area (Å²) in [5, 5.41) is 12.8. The van der Waals surface area contributed by atoms with Gasteiger partial charge in [-0.1, -0.05) is 12.1 Å². The van der Waals surface area contributed by atoms with Gasteiger partial charge in [0.2, 0.25) is 5.95 Å². The summed E-state index contributed by atoms with van der Waals surface area (Å²) in [5.74, 6) is 0.838. The molecular weight excluding hydrogens is 202 g/mol. The van der Waals surface area contributed by atoms with Gasteiger partial charge < -0.3 is 15.0 Å². The van der Waals surface area contributed by atoms with Crippen LogP contribution in [0.2, 0.25) is 0 Å². The van der Waals surface area contributed by atoms with Crippen LogP contribution < -0.4 is 5.32 Å². The number of nitrogens with one attached hydrogen (secondary N) is 1. The van der Waals surface area contributed by atoms with Crippen molar-refractivity contribution in [2.75, 3.05) is 5.32 Å². The Morgan fingerprint density at radius 1 is 1.38 bits per heavy atom. The fourth-order valence-electron chi connectivity index (χ4n) is 2.09. The summed E-state index contributed by atoms with van der Waals surface area (Å²) in [6.45, 7) is 0. The van der Waals surface area contributed by atoms with E-state index >= 15 is 0 Å². The van der Waals surface area contributed by atoms with Crippen molar-refractivity contribution in [3.05, 3.63) is 24.3 Å². The van der Waals surface area contributed by atoms with Gasteiger partial charge in [0.1, 0.15) is 0 Å². The zero-order valence-electron chi connectivity index (χ0n) is 9.22. The van der Waals surface area contributed by atoms with Crippen molar-refractivity contribution in [1.29, 1.82) is 0 Å². The zero-order valence-corrected chi connectivity index (χ0v) is 9.22. The van der Waals surface area contributed by atoms with Gasteiger partial charge in [-0.2, -0.15) is 0 Å². The van der Waals surface area contributed by atoms with Gasteiger partial charge in [-0.15, -0.1) is 0 Å². The van der Waals surface area contributed by atoms with Crippen LogP contribution in [-0.2, 0) is 7.05 Å². The molecule has 1 fully saturated rings. The molecule has 3 rings (SSSR count). The molecule has 2 N–H and O–H groups in total. The third-order valence-electron chi connectivity index (χ3n) is 3.34. The van der Waals surface area contributed by atoms with Crippen LogP contribution in [0.25, 0.3) is 11.0 Å². The maximum absolute atomic E-state index is 9.54. The Morgan fingerprint density at radius 2 is 2.19 bits per heavy atom. The molecule has 0 saturated heterocycles. The molecule has 0 amide bonds. The Kier molecular flexibility index (Phi) is 2.11. The minimum absolute atomic E-state index is 0.163. The number of benzene rings is 1. The minimum atomic E-state index is -0.222. The first kappa shape index (κ1) is 9.66. The minimum Gasteiger partial charge on any atom is -0.391 e. The van der Waals surface area contributed by atoms with E-state index in [1.54, 1.807) is 0 Å². The third kappa shape index (κ3) is 1.38. The lowest BCUT2D eigenvalue weighted by Gasteiger charge is -2.33. The van der Waals surface area contributed by atoms with Gasteiger partial charge in [0.05, 0.1) is 23.2 Å². The highest BCUT2D eigenvalue weighted by Crippen LogP contribution is 2.25. The largest absolute Gasteiger partial charge is 0.391 e. The lowest BCUT2D eigenvalue weighted by Crippen LogP contribution is -2.43. The van der Waals surface area contributed by atoms with E-state index < -0.39 is 0 Å². The summed E-state index contributed by atoms with van der Waals surface area (Å²) in [4.78, 5) is 4.51. The molecule has 84 valence electrons. The van der Waals surface area contributed by atoms with E-state index in [1.807, 2.05) is 35.9 Å². The van der Waals surface area contributed by atoms with Crippen LogP contribution in [0.1, 0.15) is 12.8 Å². The van der Waals surface area contributed by atoms with Gasteiger partial charge in [0, 0.05) is 7.05 Å². The molecule has 2 unspecified atom stereocenters. The number of rotatable bonds is 2. The number of aromatic nitrogens is 2.